The number of hydrogen-bond donors (Lipinski definition) is 0. The van der Waals surface area contributed by atoms with Crippen molar-refractivity contribution in [2.45, 2.75) is 33.3 Å². The molecule has 36 heavy (non-hydrogen) atoms. The van der Waals surface area contributed by atoms with Crippen molar-refractivity contribution >= 4 is 0 Å². The maximum atomic E-state index is 14.9. The van der Waals surface area contributed by atoms with Crippen LogP contribution >= 0.6 is 0 Å². The van der Waals surface area contributed by atoms with Crippen LogP contribution < -0.4 is 9.47 Å². The van der Waals surface area contributed by atoms with Gasteiger partial charge in [-0.15, -0.1) is 0 Å². The van der Waals surface area contributed by atoms with Crippen LogP contribution in [0.2, 0.25) is 0 Å². The number of halogens is 4. The first-order valence-electron chi connectivity index (χ1n) is 11.8. The molecular weight excluding hydrogens is 468 g/mol. The minimum atomic E-state index is -1.12. The van der Waals surface area contributed by atoms with Gasteiger partial charge in [0, 0.05) is 11.1 Å². The van der Waals surface area contributed by atoms with E-state index in [2.05, 4.69) is 0 Å². The van der Waals surface area contributed by atoms with Crippen LogP contribution in [0, 0.1) is 30.2 Å². The van der Waals surface area contributed by atoms with Gasteiger partial charge in [0.15, 0.2) is 23.1 Å². The van der Waals surface area contributed by atoms with Crippen molar-refractivity contribution in [2.24, 2.45) is 0 Å². The highest BCUT2D eigenvalue weighted by Gasteiger charge is 2.17. The number of rotatable bonds is 9. The second kappa shape index (κ2) is 11.3. The van der Waals surface area contributed by atoms with E-state index < -0.39 is 23.3 Å². The minimum Gasteiger partial charge on any atom is -0.490 e. The number of ether oxygens (including phenoxy) is 2. The molecule has 0 heterocycles. The van der Waals surface area contributed by atoms with E-state index in [-0.39, 0.29) is 29.2 Å². The summed E-state index contributed by atoms with van der Waals surface area (Å²) >= 11 is 0. The van der Waals surface area contributed by atoms with Crippen LogP contribution in [0.1, 0.15) is 30.9 Å². The molecule has 2 nitrogen and oxygen atoms in total. The topological polar surface area (TPSA) is 18.5 Å². The fourth-order valence-corrected chi connectivity index (χ4v) is 3.73. The van der Waals surface area contributed by atoms with Gasteiger partial charge in [0.05, 0.1) is 6.61 Å². The van der Waals surface area contributed by atoms with Crippen LogP contribution in [-0.4, -0.2) is 6.61 Å². The Morgan fingerprint density at radius 1 is 0.583 bits per heavy atom. The summed E-state index contributed by atoms with van der Waals surface area (Å²) in [6.45, 7) is 4.17. The van der Waals surface area contributed by atoms with Gasteiger partial charge in [-0.05, 0) is 42.2 Å². The van der Waals surface area contributed by atoms with E-state index >= 15 is 0 Å². The molecule has 0 spiro atoms. The Balaban J connectivity index is 1.46. The van der Waals surface area contributed by atoms with E-state index in [1.165, 1.54) is 12.1 Å². The van der Waals surface area contributed by atoms with Gasteiger partial charge < -0.3 is 9.47 Å². The molecule has 0 amide bonds. The van der Waals surface area contributed by atoms with Crippen LogP contribution in [0.4, 0.5) is 17.6 Å². The van der Waals surface area contributed by atoms with Gasteiger partial charge in [0.2, 0.25) is 11.6 Å². The summed E-state index contributed by atoms with van der Waals surface area (Å²) in [4.78, 5) is 0. The third-order valence-electron chi connectivity index (χ3n) is 5.87. The Hall–Kier alpha value is -3.80. The summed E-state index contributed by atoms with van der Waals surface area (Å²) in [6.07, 6.45) is 1.62. The van der Waals surface area contributed by atoms with Crippen LogP contribution in [-0.2, 0) is 6.61 Å². The highest BCUT2D eigenvalue weighted by atomic mass is 19.2. The first-order chi connectivity index (χ1) is 17.4. The van der Waals surface area contributed by atoms with Gasteiger partial charge in [-0.25, -0.2) is 8.78 Å². The Morgan fingerprint density at radius 3 is 1.61 bits per heavy atom. The highest BCUT2D eigenvalue weighted by Crippen LogP contribution is 2.32. The van der Waals surface area contributed by atoms with Crippen molar-refractivity contribution in [3.05, 3.63) is 107 Å². The Labute approximate surface area is 208 Å². The molecule has 0 unspecified atom stereocenters. The van der Waals surface area contributed by atoms with Gasteiger partial charge in [-0.2, -0.15) is 8.78 Å². The first-order valence-corrected chi connectivity index (χ1v) is 11.8. The molecule has 0 aliphatic rings. The van der Waals surface area contributed by atoms with Crippen LogP contribution in [0.5, 0.6) is 11.5 Å². The molecule has 186 valence electrons. The molecule has 0 aliphatic carbocycles. The van der Waals surface area contributed by atoms with Crippen molar-refractivity contribution in [3.8, 4) is 33.8 Å². The predicted octanol–water partition coefficient (Wildman–Crippen LogP) is 8.64. The van der Waals surface area contributed by atoms with Crippen molar-refractivity contribution in [1.82, 2.24) is 0 Å². The van der Waals surface area contributed by atoms with Gasteiger partial charge in [0.1, 0.15) is 6.61 Å². The van der Waals surface area contributed by atoms with Crippen LogP contribution in [0.15, 0.2) is 72.8 Å². The number of aryl methyl sites for hydroxylation is 1. The fourth-order valence-electron chi connectivity index (χ4n) is 3.73. The molecule has 0 aromatic heterocycles. The van der Waals surface area contributed by atoms with Gasteiger partial charge in [-0.3, -0.25) is 0 Å². The van der Waals surface area contributed by atoms with Crippen molar-refractivity contribution in [2.75, 3.05) is 6.61 Å². The molecule has 0 bridgehead atoms. The average Bonchev–Trinajstić information content (AvgIpc) is 2.89. The minimum absolute atomic E-state index is 0.0319. The molecule has 0 fully saturated rings. The standard InChI is InChI=1S/C30H26F4O2/c1-3-4-17-35-25-15-16-26(30(34)29(25)33)36-18-20-7-11-22(12-8-20)24-14-13-23(27(31)28(24)32)21-9-5-19(2)6-10-21/h5-16H,3-4,17-18H2,1-2H3. The third-order valence-corrected chi connectivity index (χ3v) is 5.87. The summed E-state index contributed by atoms with van der Waals surface area (Å²) in [5.74, 6) is -4.45. The fraction of sp³-hybridized carbons (Fsp3) is 0.200. The molecule has 0 radical (unpaired) electrons. The smallest absolute Gasteiger partial charge is 0.204 e. The normalized spacial score (nSPS) is 10.9. The summed E-state index contributed by atoms with van der Waals surface area (Å²) < 4.78 is 69.0. The Bertz CT molecular complexity index is 1330. The van der Waals surface area contributed by atoms with Gasteiger partial charge in [-0.1, -0.05) is 79.6 Å². The second-order valence-corrected chi connectivity index (χ2v) is 8.53. The molecule has 6 heteroatoms. The largest absolute Gasteiger partial charge is 0.490 e. The first kappa shape index (κ1) is 25.3. The molecule has 0 N–H and O–H groups in total. The van der Waals surface area contributed by atoms with Crippen LogP contribution in [0.3, 0.4) is 0 Å². The maximum Gasteiger partial charge on any atom is 0.204 e. The van der Waals surface area contributed by atoms with E-state index in [1.54, 1.807) is 48.5 Å². The highest BCUT2D eigenvalue weighted by molar-refractivity contribution is 5.72. The van der Waals surface area contributed by atoms with Crippen LogP contribution in [0.25, 0.3) is 22.3 Å². The monoisotopic (exact) mass is 494 g/mol. The van der Waals surface area contributed by atoms with E-state index in [4.69, 9.17) is 9.47 Å². The molecule has 0 saturated heterocycles. The van der Waals surface area contributed by atoms with Crippen molar-refractivity contribution in [1.29, 1.82) is 0 Å². The summed E-state index contributed by atoms with van der Waals surface area (Å²) in [5.41, 5.74) is 3.08. The van der Waals surface area contributed by atoms with Crippen molar-refractivity contribution in [3.63, 3.8) is 0 Å². The number of hydrogen-bond acceptors (Lipinski definition) is 2. The van der Waals surface area contributed by atoms with E-state index in [0.29, 0.717) is 23.3 Å². The molecule has 4 aromatic carbocycles. The maximum absolute atomic E-state index is 14.9. The predicted molar refractivity (Wildman–Crippen MR) is 133 cm³/mol. The van der Waals surface area contributed by atoms with Gasteiger partial charge in [0.25, 0.3) is 0 Å². The lowest BCUT2D eigenvalue weighted by atomic mass is 9.98. The molecule has 0 saturated carbocycles. The number of unbranched alkanes of at least 4 members (excludes halogenated alkanes) is 1. The molecule has 0 atom stereocenters. The van der Waals surface area contributed by atoms with E-state index in [9.17, 15) is 17.6 Å². The average molecular weight is 495 g/mol. The Kier molecular flexibility index (Phi) is 7.93. The summed E-state index contributed by atoms with van der Waals surface area (Å²) in [6, 6.07) is 19.5. The number of benzene rings is 4. The quantitative estimate of drug-likeness (QED) is 0.171. The Morgan fingerprint density at radius 2 is 1.08 bits per heavy atom. The zero-order valence-electron chi connectivity index (χ0n) is 20.1. The second-order valence-electron chi connectivity index (χ2n) is 8.53. The molecular formula is C30H26F4O2. The van der Waals surface area contributed by atoms with E-state index in [1.807, 2.05) is 26.0 Å². The SMILES string of the molecule is CCCCOc1ccc(OCc2ccc(-c3ccc(-c4ccc(C)cc4)c(F)c3F)cc2)c(F)c1F. The summed E-state index contributed by atoms with van der Waals surface area (Å²) in [5, 5.41) is 0. The van der Waals surface area contributed by atoms with Crippen molar-refractivity contribution < 1.29 is 27.0 Å². The summed E-state index contributed by atoms with van der Waals surface area (Å²) in [7, 11) is 0. The van der Waals surface area contributed by atoms with Gasteiger partial charge >= 0.3 is 0 Å². The molecule has 4 aromatic rings. The lowest BCUT2D eigenvalue weighted by molar-refractivity contribution is 0.267. The third kappa shape index (κ3) is 5.54. The zero-order valence-corrected chi connectivity index (χ0v) is 20.1. The zero-order chi connectivity index (χ0) is 25.7. The molecule has 0 aliphatic heterocycles. The lowest BCUT2D eigenvalue weighted by Crippen LogP contribution is -2.03. The molecule has 4 rings (SSSR count). The lowest BCUT2D eigenvalue weighted by Gasteiger charge is -2.12. The van der Waals surface area contributed by atoms with E-state index in [0.717, 1.165) is 18.4 Å².